The van der Waals surface area contributed by atoms with Gasteiger partial charge in [0, 0.05) is 12.0 Å². The van der Waals surface area contributed by atoms with Crippen molar-refractivity contribution in [3.63, 3.8) is 0 Å². The minimum Gasteiger partial charge on any atom is -0.383 e. The molecule has 0 spiro atoms. The maximum absolute atomic E-state index is 13.2. The first kappa shape index (κ1) is 12.2. The van der Waals surface area contributed by atoms with Crippen LogP contribution in [0, 0.1) is 18.2 Å². The number of aryl methyl sites for hydroxylation is 1. The Kier molecular flexibility index (Phi) is 3.33. The summed E-state index contributed by atoms with van der Waals surface area (Å²) in [4.78, 5) is 4.43. The predicted octanol–water partition coefficient (Wildman–Crippen LogP) is 2.47. The molecule has 1 aromatic carbocycles. The van der Waals surface area contributed by atoms with Crippen LogP contribution in [-0.2, 0) is 13.0 Å². The molecule has 2 N–H and O–H groups in total. The minimum absolute atomic E-state index is 0.309. The molecule has 0 saturated heterocycles. The molecule has 0 aliphatic heterocycles. The molecule has 4 heteroatoms. The predicted molar refractivity (Wildman–Crippen MR) is 70.2 cm³/mol. The molecule has 2 aromatic rings. The largest absolute Gasteiger partial charge is 0.383 e. The van der Waals surface area contributed by atoms with Gasteiger partial charge in [0.1, 0.15) is 23.2 Å². The smallest absolute Gasteiger partial charge is 0.132 e. The average Bonchev–Trinajstić information content (AvgIpc) is 2.67. The maximum atomic E-state index is 13.2. The summed E-state index contributed by atoms with van der Waals surface area (Å²) in [6.45, 7) is 2.35. The fraction of sp³-hybridized carbons (Fsp3) is 0.214. The molecular formula is C14H14FN3. The lowest BCUT2D eigenvalue weighted by Crippen LogP contribution is -2.05. The quantitative estimate of drug-likeness (QED) is 0.841. The summed E-state index contributed by atoms with van der Waals surface area (Å²) in [6, 6.07) is 6.22. The normalized spacial score (nSPS) is 10.3. The molecule has 0 aliphatic rings. The summed E-state index contributed by atoms with van der Waals surface area (Å²) in [5.41, 5.74) is 7.28. The Hall–Kier alpha value is -2.28. The SMILES string of the molecule is C#CCn1c(CC)nc(-c2cccc(F)c2)c1N. The highest BCUT2D eigenvalue weighted by Crippen LogP contribution is 2.26. The number of hydrogen-bond acceptors (Lipinski definition) is 2. The third kappa shape index (κ3) is 2.07. The van der Waals surface area contributed by atoms with Gasteiger partial charge in [0.25, 0.3) is 0 Å². The molecule has 0 aliphatic carbocycles. The molecule has 0 fully saturated rings. The van der Waals surface area contributed by atoms with Gasteiger partial charge in [-0.2, -0.15) is 0 Å². The van der Waals surface area contributed by atoms with E-state index in [1.807, 2.05) is 6.92 Å². The number of anilines is 1. The lowest BCUT2D eigenvalue weighted by Gasteiger charge is -2.04. The highest BCUT2D eigenvalue weighted by atomic mass is 19.1. The van der Waals surface area contributed by atoms with Crippen molar-refractivity contribution in [2.75, 3.05) is 5.73 Å². The van der Waals surface area contributed by atoms with Gasteiger partial charge in [-0.15, -0.1) is 6.42 Å². The first-order valence-electron chi connectivity index (χ1n) is 5.71. The Morgan fingerprint density at radius 3 is 2.89 bits per heavy atom. The van der Waals surface area contributed by atoms with Crippen molar-refractivity contribution < 1.29 is 4.39 Å². The number of nitrogens with two attached hydrogens (primary N) is 1. The van der Waals surface area contributed by atoms with Crippen LogP contribution in [0.3, 0.4) is 0 Å². The lowest BCUT2D eigenvalue weighted by molar-refractivity contribution is 0.628. The van der Waals surface area contributed by atoms with Crippen molar-refractivity contribution >= 4 is 5.82 Å². The van der Waals surface area contributed by atoms with Crippen LogP contribution in [0.4, 0.5) is 10.2 Å². The van der Waals surface area contributed by atoms with Crippen molar-refractivity contribution in [2.24, 2.45) is 0 Å². The van der Waals surface area contributed by atoms with Gasteiger partial charge in [0.15, 0.2) is 0 Å². The van der Waals surface area contributed by atoms with Crippen LogP contribution in [0.15, 0.2) is 24.3 Å². The molecule has 0 atom stereocenters. The van der Waals surface area contributed by atoms with Crippen LogP contribution < -0.4 is 5.73 Å². The van der Waals surface area contributed by atoms with Crippen LogP contribution >= 0.6 is 0 Å². The topological polar surface area (TPSA) is 43.8 Å². The maximum Gasteiger partial charge on any atom is 0.132 e. The molecule has 0 unspecified atom stereocenters. The van der Waals surface area contributed by atoms with E-state index in [1.54, 1.807) is 16.7 Å². The zero-order valence-electron chi connectivity index (χ0n) is 10.2. The van der Waals surface area contributed by atoms with Crippen LogP contribution in [0.5, 0.6) is 0 Å². The first-order valence-corrected chi connectivity index (χ1v) is 5.71. The number of halogens is 1. The fourth-order valence-electron chi connectivity index (χ4n) is 1.90. The zero-order valence-corrected chi connectivity index (χ0v) is 10.2. The van der Waals surface area contributed by atoms with Crippen molar-refractivity contribution in [3.05, 3.63) is 35.9 Å². The van der Waals surface area contributed by atoms with Gasteiger partial charge in [-0.1, -0.05) is 25.0 Å². The monoisotopic (exact) mass is 243 g/mol. The van der Waals surface area contributed by atoms with E-state index in [1.165, 1.54) is 12.1 Å². The lowest BCUT2D eigenvalue weighted by atomic mass is 10.1. The highest BCUT2D eigenvalue weighted by molar-refractivity contribution is 5.71. The van der Waals surface area contributed by atoms with Gasteiger partial charge in [0.05, 0.1) is 6.54 Å². The van der Waals surface area contributed by atoms with Gasteiger partial charge in [0.2, 0.25) is 0 Å². The van der Waals surface area contributed by atoms with E-state index in [-0.39, 0.29) is 5.82 Å². The summed E-state index contributed by atoms with van der Waals surface area (Å²) in [6.07, 6.45) is 6.03. The fourth-order valence-corrected chi connectivity index (χ4v) is 1.90. The van der Waals surface area contributed by atoms with E-state index >= 15 is 0 Å². The second-order valence-corrected chi connectivity index (χ2v) is 3.92. The molecule has 0 radical (unpaired) electrons. The molecule has 1 heterocycles. The number of nitrogen functional groups attached to an aromatic ring is 1. The van der Waals surface area contributed by atoms with Crippen LogP contribution in [0.25, 0.3) is 11.3 Å². The van der Waals surface area contributed by atoms with Gasteiger partial charge in [-0.25, -0.2) is 9.37 Å². The molecule has 2 rings (SSSR count). The number of benzene rings is 1. The number of hydrogen-bond donors (Lipinski definition) is 1. The number of aromatic nitrogens is 2. The number of terminal acetylenes is 1. The molecule has 18 heavy (non-hydrogen) atoms. The molecule has 0 amide bonds. The second-order valence-electron chi connectivity index (χ2n) is 3.92. The van der Waals surface area contributed by atoms with Crippen molar-refractivity contribution in [1.82, 2.24) is 9.55 Å². The van der Waals surface area contributed by atoms with E-state index in [4.69, 9.17) is 12.2 Å². The van der Waals surface area contributed by atoms with E-state index in [0.717, 1.165) is 12.2 Å². The van der Waals surface area contributed by atoms with E-state index in [2.05, 4.69) is 10.9 Å². The summed E-state index contributed by atoms with van der Waals surface area (Å²) in [5.74, 6) is 3.53. The van der Waals surface area contributed by atoms with Gasteiger partial charge < -0.3 is 10.3 Å². The van der Waals surface area contributed by atoms with E-state index < -0.39 is 0 Å². The second kappa shape index (κ2) is 4.92. The van der Waals surface area contributed by atoms with E-state index in [9.17, 15) is 4.39 Å². The standard InChI is InChI=1S/C14H14FN3/c1-3-8-18-12(4-2)17-13(14(18)16)10-6-5-7-11(15)9-10/h1,5-7,9H,4,8,16H2,2H3. The third-order valence-corrected chi connectivity index (χ3v) is 2.75. The molecule has 1 aromatic heterocycles. The van der Waals surface area contributed by atoms with Crippen molar-refractivity contribution in [1.29, 1.82) is 0 Å². The molecule has 92 valence electrons. The van der Waals surface area contributed by atoms with Crippen molar-refractivity contribution in [2.45, 2.75) is 19.9 Å². The Balaban J connectivity index is 2.56. The van der Waals surface area contributed by atoms with Crippen LogP contribution in [0.2, 0.25) is 0 Å². The van der Waals surface area contributed by atoms with Gasteiger partial charge in [-0.3, -0.25) is 0 Å². The summed E-state index contributed by atoms with van der Waals surface area (Å²) in [7, 11) is 0. The Labute approximate surface area is 105 Å². The summed E-state index contributed by atoms with van der Waals surface area (Å²) >= 11 is 0. The minimum atomic E-state index is -0.309. The molecule has 0 bridgehead atoms. The molecular weight excluding hydrogens is 229 g/mol. The number of rotatable bonds is 3. The molecule has 3 nitrogen and oxygen atoms in total. The number of nitrogens with zero attached hydrogens (tertiary/aromatic N) is 2. The van der Waals surface area contributed by atoms with E-state index in [0.29, 0.717) is 23.6 Å². The zero-order chi connectivity index (χ0) is 13.1. The van der Waals surface area contributed by atoms with Crippen LogP contribution in [0.1, 0.15) is 12.7 Å². The summed E-state index contributed by atoms with van der Waals surface area (Å²) < 4.78 is 15.0. The third-order valence-electron chi connectivity index (χ3n) is 2.75. The average molecular weight is 243 g/mol. The van der Waals surface area contributed by atoms with Gasteiger partial charge in [-0.05, 0) is 12.1 Å². The Morgan fingerprint density at radius 2 is 2.28 bits per heavy atom. The summed E-state index contributed by atoms with van der Waals surface area (Å²) in [5, 5.41) is 0. The number of imidazole rings is 1. The van der Waals surface area contributed by atoms with Gasteiger partial charge >= 0.3 is 0 Å². The Morgan fingerprint density at radius 1 is 1.50 bits per heavy atom. The van der Waals surface area contributed by atoms with Crippen LogP contribution in [-0.4, -0.2) is 9.55 Å². The molecule has 0 saturated carbocycles. The van der Waals surface area contributed by atoms with Crippen molar-refractivity contribution in [3.8, 4) is 23.6 Å². The highest BCUT2D eigenvalue weighted by Gasteiger charge is 2.14. The Bertz CT molecular complexity index is 608. The first-order chi connectivity index (χ1) is 8.67.